The van der Waals surface area contributed by atoms with E-state index in [-0.39, 0.29) is 23.7 Å². The molecule has 0 aliphatic heterocycles. The minimum absolute atomic E-state index is 0.00152. The number of esters is 1. The lowest BCUT2D eigenvalue weighted by Crippen LogP contribution is -2.05. The first-order chi connectivity index (χ1) is 7.10. The molecule has 0 fully saturated rings. The monoisotopic (exact) mass is 210 g/mol. The summed E-state index contributed by atoms with van der Waals surface area (Å²) in [5, 5.41) is 19.0. The number of hydrogen-bond acceptors (Lipinski definition) is 4. The summed E-state index contributed by atoms with van der Waals surface area (Å²) in [6, 6.07) is 2.60. The van der Waals surface area contributed by atoms with Crippen molar-refractivity contribution in [1.29, 1.82) is 0 Å². The number of carbonyl (C=O) groups is 1. The maximum Gasteiger partial charge on any atom is 0.342 e. The van der Waals surface area contributed by atoms with Gasteiger partial charge in [-0.25, -0.2) is 4.79 Å². The molecule has 0 radical (unpaired) electrons. The van der Waals surface area contributed by atoms with E-state index in [0.29, 0.717) is 12.0 Å². The second-order valence-electron chi connectivity index (χ2n) is 3.07. The lowest BCUT2D eigenvalue weighted by Gasteiger charge is -2.07. The smallest absolute Gasteiger partial charge is 0.342 e. The van der Waals surface area contributed by atoms with Gasteiger partial charge in [0.05, 0.1) is 6.61 Å². The quantitative estimate of drug-likeness (QED) is 0.590. The Labute approximate surface area is 88.1 Å². The van der Waals surface area contributed by atoms with E-state index in [2.05, 4.69) is 0 Å². The molecular formula is C11H14O4. The van der Waals surface area contributed by atoms with Crippen molar-refractivity contribution in [3.8, 4) is 11.5 Å². The van der Waals surface area contributed by atoms with E-state index in [1.165, 1.54) is 12.1 Å². The van der Waals surface area contributed by atoms with Gasteiger partial charge in [-0.15, -0.1) is 0 Å². The maximum absolute atomic E-state index is 11.3. The molecule has 1 aromatic rings. The molecule has 0 heterocycles. The predicted octanol–water partition coefficient (Wildman–Crippen LogP) is 1.84. The first kappa shape index (κ1) is 11.4. The second kappa shape index (κ2) is 4.68. The van der Waals surface area contributed by atoms with Crippen LogP contribution in [0.5, 0.6) is 11.5 Å². The van der Waals surface area contributed by atoms with Crippen LogP contribution in [0.25, 0.3) is 0 Å². The van der Waals surface area contributed by atoms with Gasteiger partial charge in [0.25, 0.3) is 0 Å². The zero-order valence-corrected chi connectivity index (χ0v) is 8.78. The molecule has 0 aliphatic rings. The molecular weight excluding hydrogens is 196 g/mol. The fraction of sp³-hybridized carbons (Fsp3) is 0.364. The number of carbonyl (C=O) groups excluding carboxylic acids is 1. The Morgan fingerprint density at radius 2 is 1.93 bits per heavy atom. The standard InChI is InChI=1S/C11H14O4/c1-3-7-5-10(13)8(6-9(7)12)11(14)15-4-2/h5-6,12-13H,3-4H2,1-2H3. The van der Waals surface area contributed by atoms with Gasteiger partial charge in [-0.1, -0.05) is 6.92 Å². The van der Waals surface area contributed by atoms with Crippen molar-refractivity contribution in [2.45, 2.75) is 20.3 Å². The van der Waals surface area contributed by atoms with Crippen molar-refractivity contribution in [1.82, 2.24) is 0 Å². The Morgan fingerprint density at radius 1 is 1.27 bits per heavy atom. The highest BCUT2D eigenvalue weighted by Gasteiger charge is 2.15. The molecule has 0 aliphatic carbocycles. The number of phenolic OH excluding ortho intramolecular Hbond substituents is 2. The summed E-state index contributed by atoms with van der Waals surface area (Å²) in [6.45, 7) is 3.75. The normalized spacial score (nSPS) is 10.0. The number of ether oxygens (including phenoxy) is 1. The second-order valence-corrected chi connectivity index (χ2v) is 3.07. The van der Waals surface area contributed by atoms with Gasteiger partial charge in [0.15, 0.2) is 0 Å². The van der Waals surface area contributed by atoms with Crippen LogP contribution in [0.4, 0.5) is 0 Å². The summed E-state index contributed by atoms with van der Waals surface area (Å²) < 4.78 is 4.73. The van der Waals surface area contributed by atoms with Crippen molar-refractivity contribution in [2.24, 2.45) is 0 Å². The topological polar surface area (TPSA) is 66.8 Å². The lowest BCUT2D eigenvalue weighted by molar-refractivity contribution is 0.0522. The van der Waals surface area contributed by atoms with Gasteiger partial charge in [0.2, 0.25) is 0 Å². The summed E-state index contributed by atoms with van der Waals surface area (Å²) in [4.78, 5) is 11.3. The van der Waals surface area contributed by atoms with E-state index < -0.39 is 5.97 Å². The molecule has 0 spiro atoms. The molecule has 4 heteroatoms. The van der Waals surface area contributed by atoms with Gasteiger partial charge in [-0.2, -0.15) is 0 Å². The molecule has 2 N–H and O–H groups in total. The number of hydrogen-bond donors (Lipinski definition) is 2. The minimum Gasteiger partial charge on any atom is -0.508 e. The summed E-state index contributed by atoms with van der Waals surface area (Å²) >= 11 is 0. The number of benzene rings is 1. The predicted molar refractivity (Wildman–Crippen MR) is 55.1 cm³/mol. The van der Waals surface area contributed by atoms with Crippen LogP contribution < -0.4 is 0 Å². The van der Waals surface area contributed by atoms with E-state index >= 15 is 0 Å². The third-order valence-electron chi connectivity index (χ3n) is 2.07. The van der Waals surface area contributed by atoms with Crippen LogP contribution >= 0.6 is 0 Å². The average molecular weight is 210 g/mol. The summed E-state index contributed by atoms with van der Waals surface area (Å²) in [5.41, 5.74) is 0.590. The van der Waals surface area contributed by atoms with Crippen molar-refractivity contribution in [2.75, 3.05) is 6.61 Å². The molecule has 15 heavy (non-hydrogen) atoms. The summed E-state index contributed by atoms with van der Waals surface area (Å²) in [6.07, 6.45) is 0.586. The van der Waals surface area contributed by atoms with E-state index in [1.807, 2.05) is 6.92 Å². The van der Waals surface area contributed by atoms with E-state index in [4.69, 9.17) is 4.74 Å². The molecule has 0 atom stereocenters. The third kappa shape index (κ3) is 2.40. The van der Waals surface area contributed by atoms with Crippen LogP contribution in [0.1, 0.15) is 29.8 Å². The molecule has 4 nitrogen and oxygen atoms in total. The fourth-order valence-electron chi connectivity index (χ4n) is 1.28. The maximum atomic E-state index is 11.3. The summed E-state index contributed by atoms with van der Waals surface area (Å²) in [7, 11) is 0. The van der Waals surface area contributed by atoms with Gasteiger partial charge in [0.1, 0.15) is 17.1 Å². The van der Waals surface area contributed by atoms with Gasteiger partial charge in [-0.3, -0.25) is 0 Å². The minimum atomic E-state index is -0.632. The van der Waals surface area contributed by atoms with Crippen LogP contribution in [0.2, 0.25) is 0 Å². The first-order valence-electron chi connectivity index (χ1n) is 4.82. The molecule has 0 saturated heterocycles. The Balaban J connectivity index is 3.10. The van der Waals surface area contributed by atoms with Crippen molar-refractivity contribution >= 4 is 5.97 Å². The molecule has 0 bridgehead atoms. The van der Waals surface area contributed by atoms with Crippen LogP contribution in [-0.4, -0.2) is 22.8 Å². The Morgan fingerprint density at radius 3 is 2.47 bits per heavy atom. The van der Waals surface area contributed by atoms with Crippen LogP contribution in [0, 0.1) is 0 Å². The van der Waals surface area contributed by atoms with E-state index in [9.17, 15) is 15.0 Å². The molecule has 1 aromatic carbocycles. The average Bonchev–Trinajstić information content (AvgIpc) is 2.21. The molecule has 0 aromatic heterocycles. The Bertz CT molecular complexity index is 371. The first-order valence-corrected chi connectivity index (χ1v) is 4.82. The number of phenols is 2. The van der Waals surface area contributed by atoms with Crippen molar-refractivity contribution < 1.29 is 19.7 Å². The number of aryl methyl sites for hydroxylation is 1. The van der Waals surface area contributed by atoms with Gasteiger partial charge >= 0.3 is 5.97 Å². The third-order valence-corrected chi connectivity index (χ3v) is 2.07. The SMILES string of the molecule is CCOC(=O)c1cc(O)c(CC)cc1O. The van der Waals surface area contributed by atoms with Crippen LogP contribution in [0.15, 0.2) is 12.1 Å². The largest absolute Gasteiger partial charge is 0.508 e. The fourth-order valence-corrected chi connectivity index (χ4v) is 1.28. The van der Waals surface area contributed by atoms with Crippen LogP contribution in [-0.2, 0) is 11.2 Å². The molecule has 1 rings (SSSR count). The highest BCUT2D eigenvalue weighted by atomic mass is 16.5. The van der Waals surface area contributed by atoms with Crippen LogP contribution in [0.3, 0.4) is 0 Å². The highest BCUT2D eigenvalue weighted by Crippen LogP contribution is 2.28. The van der Waals surface area contributed by atoms with Crippen molar-refractivity contribution in [3.63, 3.8) is 0 Å². The Kier molecular flexibility index (Phi) is 3.55. The Hall–Kier alpha value is -1.71. The number of rotatable bonds is 3. The summed E-state index contributed by atoms with van der Waals surface area (Å²) in [5.74, 6) is -0.797. The van der Waals surface area contributed by atoms with Gasteiger partial charge < -0.3 is 14.9 Å². The molecule has 82 valence electrons. The molecule has 0 unspecified atom stereocenters. The highest BCUT2D eigenvalue weighted by molar-refractivity contribution is 5.93. The zero-order chi connectivity index (χ0) is 11.4. The number of aromatic hydroxyl groups is 2. The molecule has 0 amide bonds. The van der Waals surface area contributed by atoms with E-state index in [1.54, 1.807) is 6.92 Å². The van der Waals surface area contributed by atoms with Gasteiger partial charge in [-0.05, 0) is 31.0 Å². The van der Waals surface area contributed by atoms with Crippen molar-refractivity contribution in [3.05, 3.63) is 23.3 Å². The molecule has 0 saturated carbocycles. The van der Waals surface area contributed by atoms with E-state index in [0.717, 1.165) is 0 Å². The lowest BCUT2D eigenvalue weighted by atomic mass is 10.1. The zero-order valence-electron chi connectivity index (χ0n) is 8.78. The van der Waals surface area contributed by atoms with Gasteiger partial charge in [0, 0.05) is 0 Å².